The zero-order valence-corrected chi connectivity index (χ0v) is 13.8. The maximum absolute atomic E-state index is 6.05. The van der Waals surface area contributed by atoms with E-state index in [4.69, 9.17) is 5.73 Å². The molecule has 0 spiro atoms. The normalized spacial score (nSPS) is 14.9. The van der Waals surface area contributed by atoms with Gasteiger partial charge in [0.2, 0.25) is 0 Å². The van der Waals surface area contributed by atoms with Gasteiger partial charge in [0.25, 0.3) is 0 Å². The molecule has 2 N–H and O–H groups in total. The summed E-state index contributed by atoms with van der Waals surface area (Å²) in [5.74, 6) is 0.605. The second-order valence-corrected chi connectivity index (χ2v) is 6.31. The average molecular weight is 285 g/mol. The molecule has 0 aliphatic heterocycles. The Labute approximate surface area is 128 Å². The number of aryl methyl sites for hydroxylation is 1. The second kappa shape index (κ2) is 6.54. The van der Waals surface area contributed by atoms with Crippen molar-refractivity contribution in [2.45, 2.75) is 39.8 Å². The van der Waals surface area contributed by atoms with Gasteiger partial charge in [-0.05, 0) is 50.6 Å². The molecule has 2 rings (SSSR count). The molecule has 21 heavy (non-hydrogen) atoms. The van der Waals surface area contributed by atoms with Crippen molar-refractivity contribution in [1.29, 1.82) is 0 Å². The van der Waals surface area contributed by atoms with Crippen molar-refractivity contribution in [2.75, 3.05) is 13.6 Å². The second-order valence-electron chi connectivity index (χ2n) is 6.31. The van der Waals surface area contributed by atoms with Crippen LogP contribution >= 0.6 is 0 Å². The zero-order valence-electron chi connectivity index (χ0n) is 13.8. The Morgan fingerprint density at radius 1 is 1.14 bits per heavy atom. The van der Waals surface area contributed by atoms with Crippen molar-refractivity contribution in [3.8, 4) is 0 Å². The summed E-state index contributed by atoms with van der Waals surface area (Å²) in [6.45, 7) is 9.41. The molecule has 0 saturated heterocycles. The van der Waals surface area contributed by atoms with Gasteiger partial charge in [-0.1, -0.05) is 26.0 Å². The van der Waals surface area contributed by atoms with Crippen LogP contribution in [0.25, 0.3) is 10.9 Å². The topological polar surface area (TPSA) is 42.1 Å². The molecule has 0 fully saturated rings. The van der Waals surface area contributed by atoms with Crippen molar-refractivity contribution < 1.29 is 0 Å². The van der Waals surface area contributed by atoms with Crippen LogP contribution in [0, 0.1) is 12.8 Å². The third-order valence-electron chi connectivity index (χ3n) is 4.56. The van der Waals surface area contributed by atoms with Crippen LogP contribution in [0.2, 0.25) is 0 Å². The van der Waals surface area contributed by atoms with Gasteiger partial charge in [-0.2, -0.15) is 0 Å². The molecule has 0 aliphatic carbocycles. The maximum atomic E-state index is 6.05. The first-order valence-electron chi connectivity index (χ1n) is 7.73. The van der Waals surface area contributed by atoms with Crippen LogP contribution in [0.3, 0.4) is 0 Å². The van der Waals surface area contributed by atoms with E-state index in [1.165, 1.54) is 10.9 Å². The number of pyridine rings is 1. The molecule has 2 atom stereocenters. The SMILES string of the molecule is Cc1ccc2cc(C(CN)N(C)C(C)C(C)C)ccc2n1. The monoisotopic (exact) mass is 285 g/mol. The van der Waals surface area contributed by atoms with E-state index in [0.29, 0.717) is 18.5 Å². The smallest absolute Gasteiger partial charge is 0.0705 e. The number of nitrogens with zero attached hydrogens (tertiary/aromatic N) is 2. The minimum absolute atomic E-state index is 0.244. The first-order valence-corrected chi connectivity index (χ1v) is 7.73. The minimum Gasteiger partial charge on any atom is -0.329 e. The third kappa shape index (κ3) is 3.42. The van der Waals surface area contributed by atoms with Crippen LogP contribution in [-0.2, 0) is 0 Å². The largest absolute Gasteiger partial charge is 0.329 e. The van der Waals surface area contributed by atoms with Crippen molar-refractivity contribution in [3.63, 3.8) is 0 Å². The molecule has 1 aromatic carbocycles. The third-order valence-corrected chi connectivity index (χ3v) is 4.56. The number of aromatic nitrogens is 1. The number of rotatable bonds is 5. The molecule has 1 heterocycles. The van der Waals surface area contributed by atoms with Crippen molar-refractivity contribution in [2.24, 2.45) is 11.7 Å². The highest BCUT2D eigenvalue weighted by Gasteiger charge is 2.22. The molecule has 0 amide bonds. The van der Waals surface area contributed by atoms with Gasteiger partial charge in [-0.25, -0.2) is 0 Å². The zero-order chi connectivity index (χ0) is 15.6. The summed E-state index contributed by atoms with van der Waals surface area (Å²) in [5.41, 5.74) is 9.43. The number of fused-ring (bicyclic) bond motifs is 1. The summed E-state index contributed by atoms with van der Waals surface area (Å²) >= 11 is 0. The van der Waals surface area contributed by atoms with E-state index in [-0.39, 0.29) is 6.04 Å². The van der Waals surface area contributed by atoms with Crippen LogP contribution in [-0.4, -0.2) is 29.5 Å². The first-order chi connectivity index (χ1) is 9.93. The molecule has 0 saturated carbocycles. The predicted octanol–water partition coefficient (Wildman–Crippen LogP) is 3.52. The Morgan fingerprint density at radius 2 is 1.86 bits per heavy atom. The van der Waals surface area contributed by atoms with Gasteiger partial charge < -0.3 is 5.73 Å². The average Bonchev–Trinajstić information content (AvgIpc) is 2.47. The van der Waals surface area contributed by atoms with Crippen LogP contribution in [0.4, 0.5) is 0 Å². The van der Waals surface area contributed by atoms with E-state index in [9.17, 15) is 0 Å². The number of benzene rings is 1. The van der Waals surface area contributed by atoms with Crippen LogP contribution < -0.4 is 5.73 Å². The number of nitrogens with two attached hydrogens (primary N) is 1. The van der Waals surface area contributed by atoms with Crippen LogP contribution in [0.5, 0.6) is 0 Å². The molecular weight excluding hydrogens is 258 g/mol. The van der Waals surface area contributed by atoms with Gasteiger partial charge >= 0.3 is 0 Å². The summed E-state index contributed by atoms with van der Waals surface area (Å²) in [4.78, 5) is 6.95. The van der Waals surface area contributed by atoms with Gasteiger partial charge in [-0.3, -0.25) is 9.88 Å². The molecule has 2 unspecified atom stereocenters. The molecule has 3 heteroatoms. The van der Waals surface area contributed by atoms with Crippen molar-refractivity contribution in [3.05, 3.63) is 41.6 Å². The highest BCUT2D eigenvalue weighted by molar-refractivity contribution is 5.79. The Bertz CT molecular complexity index is 606. The lowest BCUT2D eigenvalue weighted by atomic mass is 9.98. The quantitative estimate of drug-likeness (QED) is 0.914. The molecule has 0 aliphatic rings. The lowest BCUT2D eigenvalue weighted by Crippen LogP contribution is -2.39. The highest BCUT2D eigenvalue weighted by Crippen LogP contribution is 2.26. The minimum atomic E-state index is 0.244. The maximum Gasteiger partial charge on any atom is 0.0705 e. The van der Waals surface area contributed by atoms with Gasteiger partial charge in [0.05, 0.1) is 5.52 Å². The Hall–Kier alpha value is -1.45. The Morgan fingerprint density at radius 3 is 2.48 bits per heavy atom. The molecule has 1 aromatic heterocycles. The standard InChI is InChI=1S/C18H27N3/c1-12(2)14(4)21(5)18(11-19)16-8-9-17-15(10-16)7-6-13(3)20-17/h6-10,12,14,18H,11,19H2,1-5H3. The first kappa shape index (κ1) is 15.9. The van der Waals surface area contributed by atoms with Crippen molar-refractivity contribution in [1.82, 2.24) is 9.88 Å². The molecule has 0 radical (unpaired) electrons. The van der Waals surface area contributed by atoms with E-state index in [0.717, 1.165) is 11.2 Å². The summed E-state index contributed by atoms with van der Waals surface area (Å²) in [5, 5.41) is 1.18. The lowest BCUT2D eigenvalue weighted by molar-refractivity contribution is 0.152. The molecule has 3 nitrogen and oxygen atoms in total. The highest BCUT2D eigenvalue weighted by atomic mass is 15.2. The van der Waals surface area contributed by atoms with Gasteiger partial charge in [-0.15, -0.1) is 0 Å². The summed E-state index contributed by atoms with van der Waals surface area (Å²) in [7, 11) is 2.17. The number of likely N-dealkylation sites (N-methyl/N-ethyl adjacent to an activating group) is 1. The molecular formula is C18H27N3. The molecule has 0 bridgehead atoms. The Balaban J connectivity index is 2.36. The van der Waals surface area contributed by atoms with Crippen molar-refractivity contribution >= 4 is 10.9 Å². The fraction of sp³-hybridized carbons (Fsp3) is 0.500. The summed E-state index contributed by atoms with van der Waals surface area (Å²) in [6.07, 6.45) is 0. The van der Waals surface area contributed by atoms with Gasteiger partial charge in [0.15, 0.2) is 0 Å². The van der Waals surface area contributed by atoms with E-state index in [1.807, 2.05) is 6.92 Å². The van der Waals surface area contributed by atoms with E-state index < -0.39 is 0 Å². The summed E-state index contributed by atoms with van der Waals surface area (Å²) < 4.78 is 0. The lowest BCUT2D eigenvalue weighted by Gasteiger charge is -2.35. The molecule has 114 valence electrons. The Kier molecular flexibility index (Phi) is 4.96. The van der Waals surface area contributed by atoms with E-state index in [1.54, 1.807) is 0 Å². The molecule has 2 aromatic rings. The van der Waals surface area contributed by atoms with Crippen LogP contribution in [0.1, 0.15) is 38.1 Å². The number of hydrogen-bond donors (Lipinski definition) is 1. The summed E-state index contributed by atoms with van der Waals surface area (Å²) in [6, 6.07) is 11.4. The van der Waals surface area contributed by atoms with E-state index >= 15 is 0 Å². The van der Waals surface area contributed by atoms with Gasteiger partial charge in [0.1, 0.15) is 0 Å². The van der Waals surface area contributed by atoms with E-state index in [2.05, 4.69) is 68.0 Å². The predicted molar refractivity (Wildman–Crippen MR) is 90.3 cm³/mol. The van der Waals surface area contributed by atoms with Gasteiger partial charge in [0, 0.05) is 29.7 Å². The van der Waals surface area contributed by atoms with Crippen LogP contribution in [0.15, 0.2) is 30.3 Å². The number of hydrogen-bond acceptors (Lipinski definition) is 3. The fourth-order valence-electron chi connectivity index (χ4n) is 2.74. The fourth-order valence-corrected chi connectivity index (χ4v) is 2.74.